The lowest BCUT2D eigenvalue weighted by molar-refractivity contribution is -0.133. The van der Waals surface area contributed by atoms with Crippen molar-refractivity contribution in [2.45, 2.75) is 49.8 Å². The molecule has 2 aliphatic heterocycles. The van der Waals surface area contributed by atoms with E-state index in [1.807, 2.05) is 12.1 Å². The molecule has 1 N–H and O–H groups in total. The third kappa shape index (κ3) is 5.33. The predicted molar refractivity (Wildman–Crippen MR) is 110 cm³/mol. The van der Waals surface area contributed by atoms with Crippen LogP contribution in [-0.2, 0) is 19.3 Å². The minimum Gasteiger partial charge on any atom is -0.381 e. The lowest BCUT2D eigenvalue weighted by Gasteiger charge is -2.47. The van der Waals surface area contributed by atoms with Crippen LogP contribution in [0.25, 0.3) is 0 Å². The van der Waals surface area contributed by atoms with E-state index in [-0.39, 0.29) is 11.8 Å². The maximum absolute atomic E-state index is 11.8. The number of benzene rings is 1. The fraction of sp³-hybridized carbons (Fsp3) is 0.714. The first-order valence-corrected chi connectivity index (χ1v) is 12.3. The van der Waals surface area contributed by atoms with Crippen molar-refractivity contribution in [2.24, 2.45) is 5.92 Å². The van der Waals surface area contributed by atoms with Crippen LogP contribution in [0.2, 0.25) is 0 Å². The van der Waals surface area contributed by atoms with E-state index in [1.54, 1.807) is 12.1 Å². The lowest BCUT2D eigenvalue weighted by atomic mass is 9.96. The largest absolute Gasteiger partial charge is 0.381 e. The Kier molecular flexibility index (Phi) is 7.15. The van der Waals surface area contributed by atoms with Crippen molar-refractivity contribution in [1.82, 2.24) is 10.2 Å². The quantitative estimate of drug-likeness (QED) is 0.711. The van der Waals surface area contributed by atoms with Crippen molar-refractivity contribution < 1.29 is 17.9 Å². The highest BCUT2D eigenvalue weighted by atomic mass is 32.2. The van der Waals surface area contributed by atoms with Crippen molar-refractivity contribution in [3.8, 4) is 0 Å². The smallest absolute Gasteiger partial charge is 0.175 e. The SMILES string of the molecule is CCCC1(OCC2CCOC2)CN(CC)CC(c2ccc(S(C)(=O)=O)cc2)N1. The summed E-state index contributed by atoms with van der Waals surface area (Å²) in [7, 11) is -3.18. The Hall–Kier alpha value is -0.990. The number of hydrogen-bond acceptors (Lipinski definition) is 6. The Labute approximate surface area is 169 Å². The Bertz CT molecular complexity index is 731. The van der Waals surface area contributed by atoms with Crippen LogP contribution < -0.4 is 5.32 Å². The zero-order valence-electron chi connectivity index (χ0n) is 17.3. The number of rotatable bonds is 8. The molecule has 0 amide bonds. The van der Waals surface area contributed by atoms with Gasteiger partial charge in [-0.2, -0.15) is 0 Å². The van der Waals surface area contributed by atoms with Crippen molar-refractivity contribution in [3.05, 3.63) is 29.8 Å². The molecule has 28 heavy (non-hydrogen) atoms. The van der Waals surface area contributed by atoms with Gasteiger partial charge in [-0.25, -0.2) is 8.42 Å². The highest BCUT2D eigenvalue weighted by Gasteiger charge is 2.40. The van der Waals surface area contributed by atoms with Crippen molar-refractivity contribution in [3.63, 3.8) is 0 Å². The molecule has 2 heterocycles. The van der Waals surface area contributed by atoms with E-state index >= 15 is 0 Å². The van der Waals surface area contributed by atoms with Gasteiger partial charge < -0.3 is 9.47 Å². The number of piperazine rings is 1. The van der Waals surface area contributed by atoms with Gasteiger partial charge in [-0.1, -0.05) is 32.4 Å². The average molecular weight is 411 g/mol. The van der Waals surface area contributed by atoms with Gasteiger partial charge >= 0.3 is 0 Å². The van der Waals surface area contributed by atoms with Crippen LogP contribution in [0.3, 0.4) is 0 Å². The van der Waals surface area contributed by atoms with Crippen molar-refractivity contribution in [1.29, 1.82) is 0 Å². The zero-order chi connectivity index (χ0) is 20.2. The topological polar surface area (TPSA) is 67.9 Å². The van der Waals surface area contributed by atoms with E-state index in [1.165, 1.54) is 6.26 Å². The number of nitrogens with one attached hydrogen (secondary N) is 1. The van der Waals surface area contributed by atoms with Gasteiger partial charge in [-0.15, -0.1) is 0 Å². The molecule has 3 unspecified atom stereocenters. The van der Waals surface area contributed by atoms with Crippen LogP contribution in [0.15, 0.2) is 29.2 Å². The van der Waals surface area contributed by atoms with E-state index < -0.39 is 9.84 Å². The third-order valence-electron chi connectivity index (χ3n) is 5.79. The molecular weight excluding hydrogens is 376 g/mol. The summed E-state index contributed by atoms with van der Waals surface area (Å²) in [5, 5.41) is 3.78. The monoisotopic (exact) mass is 410 g/mol. The molecule has 3 atom stereocenters. The zero-order valence-corrected chi connectivity index (χ0v) is 18.1. The van der Waals surface area contributed by atoms with Gasteiger partial charge in [0, 0.05) is 37.9 Å². The highest BCUT2D eigenvalue weighted by Crippen LogP contribution is 2.30. The Morgan fingerprint density at radius 1 is 1.29 bits per heavy atom. The Balaban J connectivity index is 1.78. The minimum absolute atomic E-state index is 0.105. The fourth-order valence-electron chi connectivity index (χ4n) is 4.18. The first-order valence-electron chi connectivity index (χ1n) is 10.4. The van der Waals surface area contributed by atoms with Crippen LogP contribution in [0.1, 0.15) is 44.7 Å². The molecule has 2 aliphatic rings. The number of likely N-dealkylation sites (N-methyl/N-ethyl adjacent to an activating group) is 1. The Morgan fingerprint density at radius 2 is 2.04 bits per heavy atom. The summed E-state index contributed by atoms with van der Waals surface area (Å²) < 4.78 is 35.6. The summed E-state index contributed by atoms with van der Waals surface area (Å²) in [6, 6.07) is 7.36. The summed E-state index contributed by atoms with van der Waals surface area (Å²) in [5.41, 5.74) is 0.713. The molecule has 0 aliphatic carbocycles. The molecule has 0 bridgehead atoms. The molecule has 0 radical (unpaired) electrons. The third-order valence-corrected chi connectivity index (χ3v) is 6.92. The molecule has 2 fully saturated rings. The molecule has 1 aromatic rings. The Morgan fingerprint density at radius 3 is 2.61 bits per heavy atom. The summed E-state index contributed by atoms with van der Waals surface area (Å²) in [4.78, 5) is 2.78. The molecule has 6 nitrogen and oxygen atoms in total. The van der Waals surface area contributed by atoms with E-state index in [0.717, 1.165) is 57.7 Å². The first-order chi connectivity index (χ1) is 13.3. The van der Waals surface area contributed by atoms with Gasteiger partial charge in [0.05, 0.1) is 18.1 Å². The second-order valence-corrected chi connectivity index (χ2v) is 10.2. The maximum Gasteiger partial charge on any atom is 0.175 e. The van der Waals surface area contributed by atoms with E-state index in [2.05, 4.69) is 24.1 Å². The standard InChI is InChI=1S/C21H34N2O4S/c1-4-11-21(27-15-17-10-12-26-14-17)16-23(5-2)13-20(22-21)18-6-8-19(9-7-18)28(3,24)25/h6-9,17,20,22H,4-5,10-16H2,1-3H3. The lowest BCUT2D eigenvalue weighted by Crippen LogP contribution is -2.63. The van der Waals surface area contributed by atoms with Crippen LogP contribution in [0, 0.1) is 5.92 Å². The van der Waals surface area contributed by atoms with Gasteiger partial charge in [-0.3, -0.25) is 10.2 Å². The fourth-order valence-corrected chi connectivity index (χ4v) is 4.81. The van der Waals surface area contributed by atoms with Gasteiger partial charge in [0.2, 0.25) is 0 Å². The molecular formula is C21H34N2O4S. The van der Waals surface area contributed by atoms with Crippen molar-refractivity contribution >= 4 is 9.84 Å². The summed E-state index contributed by atoms with van der Waals surface area (Å²) in [5.74, 6) is 0.472. The maximum atomic E-state index is 11.8. The molecule has 0 aromatic heterocycles. The minimum atomic E-state index is -3.18. The highest BCUT2D eigenvalue weighted by molar-refractivity contribution is 7.90. The molecule has 1 aromatic carbocycles. The number of nitrogens with zero attached hydrogens (tertiary/aromatic N) is 1. The van der Waals surface area contributed by atoms with Crippen LogP contribution in [-0.4, -0.2) is 64.8 Å². The molecule has 158 valence electrons. The summed E-state index contributed by atoms with van der Waals surface area (Å²) >= 11 is 0. The molecule has 2 saturated heterocycles. The van der Waals surface area contributed by atoms with E-state index in [4.69, 9.17) is 9.47 Å². The van der Waals surface area contributed by atoms with Gasteiger partial charge in [0.25, 0.3) is 0 Å². The number of sulfone groups is 1. The number of hydrogen-bond donors (Lipinski definition) is 1. The van der Waals surface area contributed by atoms with Crippen molar-refractivity contribution in [2.75, 3.05) is 45.7 Å². The molecule has 3 rings (SSSR count). The summed E-state index contributed by atoms with van der Waals surface area (Å²) in [6.07, 6.45) is 4.28. The van der Waals surface area contributed by atoms with Crippen LogP contribution in [0.4, 0.5) is 0 Å². The van der Waals surface area contributed by atoms with Crippen LogP contribution in [0.5, 0.6) is 0 Å². The molecule has 7 heteroatoms. The molecule has 0 spiro atoms. The van der Waals surface area contributed by atoms with Gasteiger partial charge in [0.15, 0.2) is 9.84 Å². The van der Waals surface area contributed by atoms with E-state index in [0.29, 0.717) is 17.4 Å². The second kappa shape index (κ2) is 9.22. The number of ether oxygens (including phenoxy) is 2. The summed E-state index contributed by atoms with van der Waals surface area (Å²) in [6.45, 7) is 9.40. The van der Waals surface area contributed by atoms with Gasteiger partial charge in [-0.05, 0) is 37.1 Å². The average Bonchev–Trinajstić information content (AvgIpc) is 3.19. The predicted octanol–water partition coefficient (Wildman–Crippen LogP) is 2.61. The molecule has 0 saturated carbocycles. The van der Waals surface area contributed by atoms with E-state index in [9.17, 15) is 8.42 Å². The van der Waals surface area contributed by atoms with Gasteiger partial charge in [0.1, 0.15) is 5.72 Å². The first kappa shape index (κ1) is 21.7. The van der Waals surface area contributed by atoms with Crippen LogP contribution >= 0.6 is 0 Å². The second-order valence-electron chi connectivity index (χ2n) is 8.15. The normalized spacial score (nSPS) is 29.2.